The second kappa shape index (κ2) is 9.22. The lowest BCUT2D eigenvalue weighted by Gasteiger charge is -2.17. The van der Waals surface area contributed by atoms with Crippen molar-refractivity contribution in [1.29, 1.82) is 0 Å². The molecule has 2 N–H and O–H groups in total. The smallest absolute Gasteiger partial charge is 0.255 e. The highest BCUT2D eigenvalue weighted by Gasteiger charge is 2.30. The summed E-state index contributed by atoms with van der Waals surface area (Å²) < 4.78 is 24.7. The van der Waals surface area contributed by atoms with Gasteiger partial charge in [-0.05, 0) is 49.6 Å². The molecule has 1 aliphatic carbocycles. The van der Waals surface area contributed by atoms with E-state index in [1.807, 2.05) is 12.1 Å². The minimum atomic E-state index is -3.41. The van der Waals surface area contributed by atoms with Gasteiger partial charge in [-0.2, -0.15) is 0 Å². The Labute approximate surface area is 171 Å². The van der Waals surface area contributed by atoms with Crippen LogP contribution in [-0.2, 0) is 14.6 Å². The van der Waals surface area contributed by atoms with Gasteiger partial charge in [0, 0.05) is 11.3 Å². The van der Waals surface area contributed by atoms with E-state index in [0.717, 1.165) is 18.4 Å². The number of anilines is 1. The number of benzene rings is 2. The lowest BCUT2D eigenvalue weighted by Crippen LogP contribution is -2.35. The fourth-order valence-electron chi connectivity index (χ4n) is 3.59. The first-order valence-electron chi connectivity index (χ1n) is 9.82. The summed E-state index contributed by atoms with van der Waals surface area (Å²) in [6.45, 7) is 1.79. The fourth-order valence-corrected chi connectivity index (χ4v) is 5.33. The van der Waals surface area contributed by atoms with Crippen LogP contribution in [0.25, 0.3) is 0 Å². The Balaban J connectivity index is 1.61. The Morgan fingerprint density at radius 1 is 1.03 bits per heavy atom. The first-order valence-corrected chi connectivity index (χ1v) is 11.5. The van der Waals surface area contributed by atoms with Crippen molar-refractivity contribution in [1.82, 2.24) is 5.32 Å². The van der Waals surface area contributed by atoms with Gasteiger partial charge in [-0.15, -0.1) is 0 Å². The van der Waals surface area contributed by atoms with Gasteiger partial charge in [0.2, 0.25) is 5.91 Å². The van der Waals surface area contributed by atoms with Gasteiger partial charge >= 0.3 is 0 Å². The fraction of sp³-hybridized carbons (Fsp3) is 0.364. The van der Waals surface area contributed by atoms with Crippen LogP contribution in [0, 0.1) is 0 Å². The molecular formula is C22H26N2O4S. The van der Waals surface area contributed by atoms with Crippen molar-refractivity contribution in [3.05, 3.63) is 65.7 Å². The molecule has 0 saturated heterocycles. The summed E-state index contributed by atoms with van der Waals surface area (Å²) in [5.74, 6) is -1.20. The highest BCUT2D eigenvalue weighted by Crippen LogP contribution is 2.25. The molecule has 0 aliphatic heterocycles. The molecule has 29 heavy (non-hydrogen) atoms. The average molecular weight is 415 g/mol. The summed E-state index contributed by atoms with van der Waals surface area (Å²) in [6, 6.07) is 15.7. The summed E-state index contributed by atoms with van der Waals surface area (Å²) in [4.78, 5) is 24.6. The molecule has 3 rings (SSSR count). The molecule has 2 aromatic rings. The number of rotatable bonds is 7. The standard InChI is InChI=1S/C22H26N2O4S/c1-16(23-21(25)15-29(27,28)20-12-5-6-13-20)18-10-7-11-19(14-18)24-22(26)17-8-3-2-4-9-17/h2-4,7-11,14,16,20H,5-6,12-13,15H2,1H3,(H,23,25)(H,24,26). The molecule has 0 aromatic heterocycles. The van der Waals surface area contributed by atoms with Gasteiger partial charge in [0.05, 0.1) is 11.3 Å². The van der Waals surface area contributed by atoms with E-state index in [0.29, 0.717) is 24.1 Å². The zero-order valence-corrected chi connectivity index (χ0v) is 17.2. The summed E-state index contributed by atoms with van der Waals surface area (Å²) in [7, 11) is -3.41. The third-order valence-electron chi connectivity index (χ3n) is 5.20. The molecule has 1 aliphatic rings. The van der Waals surface area contributed by atoms with Crippen LogP contribution in [0.5, 0.6) is 0 Å². The topological polar surface area (TPSA) is 92.3 Å². The molecule has 1 fully saturated rings. The van der Waals surface area contributed by atoms with Crippen molar-refractivity contribution in [2.45, 2.75) is 43.9 Å². The van der Waals surface area contributed by atoms with E-state index in [2.05, 4.69) is 10.6 Å². The van der Waals surface area contributed by atoms with Crippen molar-refractivity contribution >= 4 is 27.3 Å². The van der Waals surface area contributed by atoms with Crippen LogP contribution in [-0.4, -0.2) is 31.2 Å². The van der Waals surface area contributed by atoms with Crippen LogP contribution < -0.4 is 10.6 Å². The molecule has 2 amide bonds. The van der Waals surface area contributed by atoms with Crippen LogP contribution in [0.3, 0.4) is 0 Å². The van der Waals surface area contributed by atoms with Gasteiger partial charge in [-0.1, -0.05) is 43.2 Å². The van der Waals surface area contributed by atoms with E-state index >= 15 is 0 Å². The normalized spacial score (nSPS) is 15.6. The number of nitrogens with one attached hydrogen (secondary N) is 2. The van der Waals surface area contributed by atoms with Crippen LogP contribution >= 0.6 is 0 Å². The lowest BCUT2D eigenvalue weighted by molar-refractivity contribution is -0.119. The van der Waals surface area contributed by atoms with E-state index < -0.39 is 21.5 Å². The van der Waals surface area contributed by atoms with E-state index in [-0.39, 0.29) is 17.2 Å². The van der Waals surface area contributed by atoms with Gasteiger partial charge < -0.3 is 10.6 Å². The first-order chi connectivity index (χ1) is 13.8. The Hall–Kier alpha value is -2.67. The van der Waals surface area contributed by atoms with Crippen molar-refractivity contribution in [3.8, 4) is 0 Å². The Morgan fingerprint density at radius 2 is 1.72 bits per heavy atom. The Kier molecular flexibility index (Phi) is 6.69. The average Bonchev–Trinajstić information content (AvgIpc) is 3.24. The number of carbonyl (C=O) groups is 2. The summed E-state index contributed by atoms with van der Waals surface area (Å²) in [6.07, 6.45) is 3.11. The molecule has 1 unspecified atom stereocenters. The molecule has 0 bridgehead atoms. The van der Waals surface area contributed by atoms with E-state index in [9.17, 15) is 18.0 Å². The minimum absolute atomic E-state index is 0.220. The molecule has 0 heterocycles. The zero-order valence-electron chi connectivity index (χ0n) is 16.4. The maximum absolute atomic E-state index is 12.4. The van der Waals surface area contributed by atoms with Gasteiger partial charge in [0.25, 0.3) is 5.91 Å². The van der Waals surface area contributed by atoms with Crippen LogP contribution in [0.1, 0.15) is 54.6 Å². The number of sulfone groups is 1. The summed E-state index contributed by atoms with van der Waals surface area (Å²) in [5, 5.41) is 5.20. The van der Waals surface area contributed by atoms with Gasteiger partial charge in [-0.25, -0.2) is 8.42 Å². The highest BCUT2D eigenvalue weighted by atomic mass is 32.2. The second-order valence-electron chi connectivity index (χ2n) is 7.45. The van der Waals surface area contributed by atoms with Crippen molar-refractivity contribution in [2.24, 2.45) is 0 Å². The van der Waals surface area contributed by atoms with Crippen LogP contribution in [0.15, 0.2) is 54.6 Å². The quantitative estimate of drug-likeness (QED) is 0.726. The van der Waals surface area contributed by atoms with E-state index in [4.69, 9.17) is 0 Å². The highest BCUT2D eigenvalue weighted by molar-refractivity contribution is 7.92. The third kappa shape index (κ3) is 5.67. The lowest BCUT2D eigenvalue weighted by atomic mass is 10.1. The van der Waals surface area contributed by atoms with Crippen LogP contribution in [0.4, 0.5) is 5.69 Å². The van der Waals surface area contributed by atoms with E-state index in [1.165, 1.54) is 0 Å². The molecule has 2 aromatic carbocycles. The molecule has 154 valence electrons. The monoisotopic (exact) mass is 414 g/mol. The second-order valence-corrected chi connectivity index (χ2v) is 9.73. The molecular weight excluding hydrogens is 388 g/mol. The molecule has 0 radical (unpaired) electrons. The molecule has 1 atom stereocenters. The van der Waals surface area contributed by atoms with Crippen molar-refractivity contribution in [3.63, 3.8) is 0 Å². The summed E-state index contributed by atoms with van der Waals surface area (Å²) >= 11 is 0. The SMILES string of the molecule is CC(NC(=O)CS(=O)(=O)C1CCCC1)c1cccc(NC(=O)c2ccccc2)c1. The molecule has 0 spiro atoms. The third-order valence-corrected chi connectivity index (χ3v) is 7.35. The van der Waals surface area contributed by atoms with Crippen molar-refractivity contribution < 1.29 is 18.0 Å². The van der Waals surface area contributed by atoms with Gasteiger partial charge in [-0.3, -0.25) is 9.59 Å². The molecule has 7 heteroatoms. The number of amides is 2. The van der Waals surface area contributed by atoms with Gasteiger partial charge in [0.1, 0.15) is 5.75 Å². The van der Waals surface area contributed by atoms with Gasteiger partial charge in [0.15, 0.2) is 9.84 Å². The molecule has 6 nitrogen and oxygen atoms in total. The first kappa shape index (κ1) is 21.0. The predicted molar refractivity (Wildman–Crippen MR) is 113 cm³/mol. The Bertz CT molecular complexity index is 967. The zero-order chi connectivity index (χ0) is 20.9. The maximum Gasteiger partial charge on any atom is 0.255 e. The molecule has 1 saturated carbocycles. The minimum Gasteiger partial charge on any atom is -0.349 e. The Morgan fingerprint density at radius 3 is 2.41 bits per heavy atom. The maximum atomic E-state index is 12.4. The number of hydrogen-bond donors (Lipinski definition) is 2. The number of hydrogen-bond acceptors (Lipinski definition) is 4. The number of carbonyl (C=O) groups excluding carboxylic acids is 2. The van der Waals surface area contributed by atoms with Crippen molar-refractivity contribution in [2.75, 3.05) is 11.1 Å². The predicted octanol–water partition coefficient (Wildman–Crippen LogP) is 3.47. The van der Waals surface area contributed by atoms with Crippen LogP contribution in [0.2, 0.25) is 0 Å². The van der Waals surface area contributed by atoms with E-state index in [1.54, 1.807) is 49.4 Å². The summed E-state index contributed by atoms with van der Waals surface area (Å²) in [5.41, 5.74) is 1.94. The largest absolute Gasteiger partial charge is 0.349 e.